The lowest BCUT2D eigenvalue weighted by atomic mass is 10.0. The standard InChI is InChI=1S/C82H140FN35O21/c1-44(104-63(124)42-103-79(139)66(46(3)120)116-76(136)57(36-47-24-26-49(83)27-25-47)106-64(125)41-102-62(123)40-101-61(122)39-97-38-48-16-5-4-6-17-48)67(127)107-53(21-13-33-98-80(88)89)70(130)111-52(20-9-12-32-86)74(134)115-59(43-119)77(137)105-45(2)68(128)108-54(22-14-34-99-81(90)91)71(131)109-50(18-7-10-30-84)69(129)112-55(23-15-35-100-82(92)93)72(132)110-51(19-8-11-31-85)73(133)114-58(37-60(87)121)75(135)113-56(78(138)117-94)28-29-65(126)118(95)96/h4-6,16-17,24-27,44-46,50-59,66,97,119-120H,7-15,18-23,28-43,84-86,94-96H2,1-3H3,(H2,87,121)(H,101,122)(H,102,123)(H,103,139)(H,104,124)(H,105,137)(H,106,125)(H,107,127)(H,108,128)(H,109,131)(H,110,132)(H,111,130)(H,112,129)(H,113,135)(H,114,133)(H,115,134)(H,116,136)(H,117,138)(H4,88,89,98)(H4,90,91,99)(H4,92,93,100)/t44-,45-,46+,50-,51-,52-,53-,54-,55-,56-,57-,58-,59-,66-/m0/s1. The van der Waals surface area contributed by atoms with Crippen molar-refractivity contribution in [3.8, 4) is 0 Å². The van der Waals surface area contributed by atoms with Gasteiger partial charge in [0, 0.05) is 39.0 Å². The number of benzene rings is 2. The number of guanidine groups is 3. The van der Waals surface area contributed by atoms with Gasteiger partial charge in [-0.15, -0.1) is 0 Å². The zero-order valence-electron chi connectivity index (χ0n) is 78.0. The Labute approximate surface area is 801 Å². The smallest absolute Gasteiger partial charge is 0.256 e. The molecule has 0 radical (unpaired) electrons. The molecule has 0 aliphatic heterocycles. The van der Waals surface area contributed by atoms with Crippen molar-refractivity contribution in [1.82, 2.24) is 101 Å². The van der Waals surface area contributed by atoms with Crippen molar-refractivity contribution in [2.45, 2.75) is 234 Å². The molecule has 56 nitrogen and oxygen atoms in total. The summed E-state index contributed by atoms with van der Waals surface area (Å²) in [6, 6.07) is -7.22. The first-order valence-electron chi connectivity index (χ1n) is 44.8. The fraction of sp³-hybridized carbons (Fsp3) is 0.585. The van der Waals surface area contributed by atoms with Crippen LogP contribution in [0.5, 0.6) is 0 Å². The van der Waals surface area contributed by atoms with E-state index in [-0.39, 0.29) is 165 Å². The third-order valence-corrected chi connectivity index (χ3v) is 20.4. The molecule has 0 bridgehead atoms. The number of amides is 19. The number of nitrogens with one attached hydrogen (secondary N) is 18. The average molecular weight is 1970 g/mol. The van der Waals surface area contributed by atoms with Crippen LogP contribution in [0.1, 0.15) is 147 Å². The second kappa shape index (κ2) is 67.1. The Morgan fingerprint density at radius 2 is 0.719 bits per heavy atom. The molecule has 2 aromatic rings. The molecule has 776 valence electrons. The molecule has 14 atom stereocenters. The van der Waals surface area contributed by atoms with Crippen LogP contribution in [0.15, 0.2) is 69.6 Å². The number of primary amides is 1. The number of hydrogen-bond acceptors (Lipinski definition) is 31. The maximum absolute atomic E-state index is 14.7. The fourth-order valence-electron chi connectivity index (χ4n) is 12.9. The lowest BCUT2D eigenvalue weighted by Crippen LogP contribution is -2.61. The molecule has 0 unspecified atom stereocenters. The Hall–Kier alpha value is -14.2. The predicted molar refractivity (Wildman–Crippen MR) is 502 cm³/mol. The van der Waals surface area contributed by atoms with E-state index in [1.807, 2.05) is 35.8 Å². The summed E-state index contributed by atoms with van der Waals surface area (Å²) in [5, 5.41) is 63.1. The topological polar surface area (TPSA) is 960 Å². The Morgan fingerprint density at radius 3 is 1.12 bits per heavy atom. The van der Waals surface area contributed by atoms with Crippen LogP contribution in [0.4, 0.5) is 4.39 Å². The van der Waals surface area contributed by atoms with Crippen molar-refractivity contribution < 1.29 is 106 Å². The number of nitrogens with zero attached hydrogens (tertiary/aromatic N) is 4. The van der Waals surface area contributed by atoms with Gasteiger partial charge in [0.25, 0.3) is 11.8 Å². The second-order valence-electron chi connectivity index (χ2n) is 32.0. The van der Waals surface area contributed by atoms with Crippen molar-refractivity contribution in [1.29, 1.82) is 0 Å². The van der Waals surface area contributed by atoms with E-state index < -0.39 is 248 Å². The summed E-state index contributed by atoms with van der Waals surface area (Å²) in [5.74, 6) is -4.91. The van der Waals surface area contributed by atoms with E-state index in [1.165, 1.54) is 19.1 Å². The number of hydrazine groups is 3. The Balaban J connectivity index is 2.40. The van der Waals surface area contributed by atoms with Crippen LogP contribution in [0, 0.1) is 5.82 Å². The molecule has 0 saturated carbocycles. The Bertz CT molecular complexity index is 4430. The Kier molecular flexibility index (Phi) is 58.3. The number of carbonyl (C=O) groups excluding carboxylic acids is 19. The summed E-state index contributed by atoms with van der Waals surface area (Å²) in [7, 11) is 0. The highest BCUT2D eigenvalue weighted by Crippen LogP contribution is 2.14. The van der Waals surface area contributed by atoms with E-state index >= 15 is 0 Å². The van der Waals surface area contributed by atoms with Crippen LogP contribution in [0.2, 0.25) is 0 Å². The normalized spacial score (nSPS) is 13.9. The minimum Gasteiger partial charge on any atom is -0.394 e. The molecule has 0 heterocycles. The molecule has 19 amide bonds. The highest BCUT2D eigenvalue weighted by molar-refractivity contribution is 6.01. The highest BCUT2D eigenvalue weighted by Gasteiger charge is 2.38. The lowest BCUT2D eigenvalue weighted by molar-refractivity contribution is -0.137. The summed E-state index contributed by atoms with van der Waals surface area (Å²) in [6.45, 7) is 0.446. The van der Waals surface area contributed by atoms with Crippen molar-refractivity contribution in [3.63, 3.8) is 0 Å². The average Bonchev–Trinajstić information content (AvgIpc) is 0.861. The molecular weight excluding hydrogens is 1830 g/mol. The lowest BCUT2D eigenvalue weighted by Gasteiger charge is -2.28. The van der Waals surface area contributed by atoms with E-state index in [2.05, 4.69) is 105 Å². The van der Waals surface area contributed by atoms with E-state index in [4.69, 9.17) is 74.9 Å². The molecule has 2 rings (SSSR count). The molecule has 0 saturated heterocycles. The number of carbonyl (C=O) groups is 19. The van der Waals surface area contributed by atoms with Crippen LogP contribution >= 0.6 is 0 Å². The van der Waals surface area contributed by atoms with Gasteiger partial charge in [-0.05, 0) is 166 Å². The monoisotopic (exact) mass is 1970 g/mol. The van der Waals surface area contributed by atoms with Crippen LogP contribution in [0.3, 0.4) is 0 Å². The molecule has 0 fully saturated rings. The van der Waals surface area contributed by atoms with Gasteiger partial charge >= 0.3 is 0 Å². The molecule has 139 heavy (non-hydrogen) atoms. The number of aliphatic hydroxyl groups is 2. The molecule has 0 spiro atoms. The second-order valence-corrected chi connectivity index (χ2v) is 32.0. The van der Waals surface area contributed by atoms with Gasteiger partial charge in [-0.1, -0.05) is 42.5 Å². The molecule has 0 aromatic heterocycles. The predicted octanol–water partition coefficient (Wildman–Crippen LogP) is -15.0. The van der Waals surface area contributed by atoms with Crippen molar-refractivity contribution in [3.05, 3.63) is 71.5 Å². The van der Waals surface area contributed by atoms with Crippen molar-refractivity contribution in [2.75, 3.05) is 72.1 Å². The summed E-state index contributed by atoms with van der Waals surface area (Å²) < 4.78 is 13.9. The maximum atomic E-state index is 14.7. The number of aliphatic hydroxyl groups excluding tert-OH is 2. The van der Waals surface area contributed by atoms with Gasteiger partial charge in [0.15, 0.2) is 17.9 Å². The Morgan fingerprint density at radius 1 is 0.367 bits per heavy atom. The molecule has 2 aromatic carbocycles. The highest BCUT2D eigenvalue weighted by atomic mass is 19.1. The van der Waals surface area contributed by atoms with Crippen LogP contribution in [-0.4, -0.2) is 302 Å². The van der Waals surface area contributed by atoms with Gasteiger partial charge in [-0.3, -0.25) is 111 Å². The zero-order valence-corrected chi connectivity index (χ0v) is 78.0. The van der Waals surface area contributed by atoms with Gasteiger partial charge in [0.05, 0.1) is 45.3 Å². The summed E-state index contributed by atoms with van der Waals surface area (Å²) in [6.07, 6.45) is -3.78. The van der Waals surface area contributed by atoms with Gasteiger partial charge in [0.2, 0.25) is 100 Å². The number of hydrogen-bond donors (Lipinski definition) is 33. The van der Waals surface area contributed by atoms with E-state index in [0.717, 1.165) is 31.5 Å². The van der Waals surface area contributed by atoms with E-state index in [9.17, 15) is 106 Å². The molecule has 46 N–H and O–H groups in total. The number of halogens is 1. The number of unbranched alkanes of at least 4 members (excludes halogenated alkanes) is 3. The number of rotatable bonds is 69. The quantitative estimate of drug-likeness (QED) is 0.00730. The maximum Gasteiger partial charge on any atom is 0.256 e. The minimum atomic E-state index is -1.88. The summed E-state index contributed by atoms with van der Waals surface area (Å²) in [5.41, 5.74) is 59.2. The van der Waals surface area contributed by atoms with Crippen molar-refractivity contribution in [2.24, 2.45) is 89.8 Å². The van der Waals surface area contributed by atoms with Crippen molar-refractivity contribution >= 4 is 130 Å². The largest absolute Gasteiger partial charge is 0.394 e. The van der Waals surface area contributed by atoms with Gasteiger partial charge in [-0.2, -0.15) is 0 Å². The van der Waals surface area contributed by atoms with Crippen LogP contribution in [-0.2, 0) is 104 Å². The van der Waals surface area contributed by atoms with Crippen LogP contribution < -0.4 is 171 Å². The first kappa shape index (κ1) is 121. The molecule has 0 aliphatic rings. The first-order chi connectivity index (χ1) is 65.9. The van der Waals surface area contributed by atoms with Crippen LogP contribution in [0.25, 0.3) is 0 Å². The molecule has 57 heteroatoms. The minimum absolute atomic E-state index is 0.00219. The number of nitrogens with two attached hydrogens (primary N) is 13. The SMILES string of the molecule is C[C@H](NC(=O)CNC(=O)[C@@H](NC(=O)[C@H](Cc1ccc(F)cc1)NC(=O)CNC(=O)CNC(=O)CNCc1ccccc1)[C@@H](C)O)C(=O)N[C@@H](CCCN=C(N)N)C(=O)N[C@@H](CCCCN)C(=O)N[C@@H](CO)C(=O)N[C@@H](C)C(=O)N[C@@H](CCCN=C(N)N)C(=O)N[C@@H](CCCCN)C(=O)N[C@@H](CCCN=C(N)N)C(=O)N[C@@H](CCCCN)C(=O)N[C@@H](CC(N)=O)C(=O)N[C@@H](CCC(=O)N(N)N)C(=O)NN. The number of aliphatic imine (C=N–C) groups is 3. The molecular formula is C82H140FN35O21. The third-order valence-electron chi connectivity index (χ3n) is 20.4. The summed E-state index contributed by atoms with van der Waals surface area (Å²) in [4.78, 5) is 271. The summed E-state index contributed by atoms with van der Waals surface area (Å²) >= 11 is 0. The molecule has 0 aliphatic carbocycles. The van der Waals surface area contributed by atoms with E-state index in [0.29, 0.717) is 18.5 Å². The van der Waals surface area contributed by atoms with Gasteiger partial charge in [0.1, 0.15) is 84.4 Å². The zero-order chi connectivity index (χ0) is 104. The third kappa shape index (κ3) is 50.9. The first-order valence-corrected chi connectivity index (χ1v) is 44.8. The fourth-order valence-corrected chi connectivity index (χ4v) is 12.9. The van der Waals surface area contributed by atoms with Gasteiger partial charge < -0.3 is 158 Å². The van der Waals surface area contributed by atoms with Gasteiger partial charge in [-0.25, -0.2) is 27.0 Å². The van der Waals surface area contributed by atoms with E-state index in [1.54, 1.807) is 0 Å².